The lowest BCUT2D eigenvalue weighted by Gasteiger charge is -2.10. The molecule has 0 bridgehead atoms. The SMILES string of the molecule is Fc1cc2c(cc1I)nc(CCl)n2-c1cc(Cl)ccc1Br. The van der Waals surface area contributed by atoms with E-state index in [0.29, 0.717) is 25.5 Å². The van der Waals surface area contributed by atoms with Crippen LogP contribution in [0.4, 0.5) is 4.39 Å². The summed E-state index contributed by atoms with van der Waals surface area (Å²) in [4.78, 5) is 4.48. The van der Waals surface area contributed by atoms with E-state index in [2.05, 4.69) is 20.9 Å². The molecule has 108 valence electrons. The summed E-state index contributed by atoms with van der Waals surface area (Å²) >= 11 is 17.5. The highest BCUT2D eigenvalue weighted by atomic mass is 127. The standard InChI is InChI=1S/C14H7BrCl2FIN2/c15-8-2-1-7(17)3-12(8)21-13-4-9(18)10(19)5-11(13)20-14(21)6-16/h1-5H,6H2. The van der Waals surface area contributed by atoms with Gasteiger partial charge in [0.05, 0.1) is 26.2 Å². The predicted molar refractivity (Wildman–Crippen MR) is 96.0 cm³/mol. The van der Waals surface area contributed by atoms with Crippen molar-refractivity contribution in [2.24, 2.45) is 0 Å². The van der Waals surface area contributed by atoms with Gasteiger partial charge < -0.3 is 0 Å². The highest BCUT2D eigenvalue weighted by Gasteiger charge is 2.16. The van der Waals surface area contributed by atoms with Crippen LogP contribution in [0.5, 0.6) is 0 Å². The van der Waals surface area contributed by atoms with Crippen molar-refractivity contribution in [3.8, 4) is 5.69 Å². The number of hydrogen-bond donors (Lipinski definition) is 0. The van der Waals surface area contributed by atoms with E-state index in [9.17, 15) is 4.39 Å². The van der Waals surface area contributed by atoms with Crippen molar-refractivity contribution in [2.45, 2.75) is 5.88 Å². The molecule has 2 nitrogen and oxygen atoms in total. The van der Waals surface area contributed by atoms with Crippen LogP contribution >= 0.6 is 61.7 Å². The van der Waals surface area contributed by atoms with E-state index in [4.69, 9.17) is 23.2 Å². The smallest absolute Gasteiger partial charge is 0.138 e. The van der Waals surface area contributed by atoms with Crippen molar-refractivity contribution >= 4 is 72.8 Å². The Bertz CT molecular complexity index is 851. The zero-order chi connectivity index (χ0) is 15.1. The minimum Gasteiger partial charge on any atom is -0.294 e. The first-order chi connectivity index (χ1) is 10.0. The molecule has 1 heterocycles. The monoisotopic (exact) mass is 498 g/mol. The van der Waals surface area contributed by atoms with Gasteiger partial charge in [-0.3, -0.25) is 4.57 Å². The lowest BCUT2D eigenvalue weighted by atomic mass is 10.2. The summed E-state index contributed by atoms with van der Waals surface area (Å²) in [7, 11) is 0. The Morgan fingerprint density at radius 3 is 2.76 bits per heavy atom. The Labute approximate surface area is 152 Å². The van der Waals surface area contributed by atoms with Crippen LogP contribution in [0.3, 0.4) is 0 Å². The Hall–Kier alpha value is -0.370. The van der Waals surface area contributed by atoms with Crippen molar-refractivity contribution in [2.75, 3.05) is 0 Å². The third-order valence-electron chi connectivity index (χ3n) is 3.03. The van der Waals surface area contributed by atoms with E-state index in [1.807, 2.05) is 33.2 Å². The lowest BCUT2D eigenvalue weighted by molar-refractivity contribution is 0.622. The maximum absolute atomic E-state index is 13.9. The third-order valence-corrected chi connectivity index (χ3v) is 5.01. The molecular formula is C14H7BrCl2FIN2. The Kier molecular flexibility index (Phi) is 4.45. The number of fused-ring (bicyclic) bond motifs is 1. The summed E-state index contributed by atoms with van der Waals surface area (Å²) in [5.74, 6) is 0.561. The van der Waals surface area contributed by atoms with Gasteiger partial charge in [0.15, 0.2) is 0 Å². The molecule has 21 heavy (non-hydrogen) atoms. The highest BCUT2D eigenvalue weighted by Crippen LogP contribution is 2.31. The maximum Gasteiger partial charge on any atom is 0.138 e. The molecule has 0 radical (unpaired) electrons. The minimum absolute atomic E-state index is 0.214. The second kappa shape index (κ2) is 6.02. The molecule has 0 fully saturated rings. The summed E-state index contributed by atoms with van der Waals surface area (Å²) in [5, 5.41) is 0.585. The Morgan fingerprint density at radius 1 is 1.29 bits per heavy atom. The fourth-order valence-electron chi connectivity index (χ4n) is 2.14. The summed E-state index contributed by atoms with van der Waals surface area (Å²) in [6, 6.07) is 8.57. The molecule has 0 saturated heterocycles. The number of hydrogen-bond acceptors (Lipinski definition) is 1. The quantitative estimate of drug-likeness (QED) is 0.316. The number of imidazole rings is 1. The summed E-state index contributed by atoms with van der Waals surface area (Å²) in [5.41, 5.74) is 2.14. The molecule has 0 atom stereocenters. The van der Waals surface area contributed by atoms with Gasteiger partial charge in [-0.2, -0.15) is 0 Å². The molecule has 2 aromatic carbocycles. The normalized spacial score (nSPS) is 11.3. The van der Waals surface area contributed by atoms with Crippen molar-refractivity contribution in [3.05, 3.63) is 55.0 Å². The first-order valence-corrected chi connectivity index (χ1v) is 8.67. The van der Waals surface area contributed by atoms with Crippen LogP contribution in [0.15, 0.2) is 34.8 Å². The summed E-state index contributed by atoms with van der Waals surface area (Å²) in [6.07, 6.45) is 0. The van der Waals surface area contributed by atoms with Crippen molar-refractivity contribution in [1.29, 1.82) is 0 Å². The van der Waals surface area contributed by atoms with Crippen LogP contribution < -0.4 is 0 Å². The number of halogens is 5. The van der Waals surface area contributed by atoms with Crippen LogP contribution in [0.25, 0.3) is 16.7 Å². The summed E-state index contributed by atoms with van der Waals surface area (Å²) < 4.78 is 17.1. The topological polar surface area (TPSA) is 17.8 Å². The number of nitrogens with zero attached hydrogens (tertiary/aromatic N) is 2. The number of rotatable bonds is 2. The van der Waals surface area contributed by atoms with Gasteiger partial charge in [0.2, 0.25) is 0 Å². The first kappa shape index (κ1) is 15.5. The largest absolute Gasteiger partial charge is 0.294 e. The van der Waals surface area contributed by atoms with Crippen molar-refractivity contribution in [3.63, 3.8) is 0 Å². The predicted octanol–water partition coefficient (Wildman–Crippen LogP) is 5.92. The second-order valence-corrected chi connectivity index (χ2v) is 7.07. The highest BCUT2D eigenvalue weighted by molar-refractivity contribution is 14.1. The van der Waals surface area contributed by atoms with E-state index in [-0.39, 0.29) is 11.7 Å². The molecule has 3 rings (SSSR count). The number of alkyl halides is 1. The van der Waals surface area contributed by atoms with Gasteiger partial charge in [0.25, 0.3) is 0 Å². The third kappa shape index (κ3) is 2.81. The Morgan fingerprint density at radius 2 is 2.05 bits per heavy atom. The van der Waals surface area contributed by atoms with Crippen LogP contribution in [0.2, 0.25) is 5.02 Å². The van der Waals surface area contributed by atoms with Gasteiger partial charge in [-0.25, -0.2) is 9.37 Å². The first-order valence-electron chi connectivity index (χ1n) is 5.89. The number of benzene rings is 2. The van der Waals surface area contributed by atoms with Crippen molar-refractivity contribution in [1.82, 2.24) is 9.55 Å². The molecule has 0 aliphatic rings. The van der Waals surface area contributed by atoms with Crippen LogP contribution in [-0.4, -0.2) is 9.55 Å². The minimum atomic E-state index is -0.288. The van der Waals surface area contributed by atoms with Gasteiger partial charge >= 0.3 is 0 Å². The zero-order valence-corrected chi connectivity index (χ0v) is 15.6. The molecule has 0 aliphatic carbocycles. The lowest BCUT2D eigenvalue weighted by Crippen LogP contribution is -2.00. The van der Waals surface area contributed by atoms with Crippen LogP contribution in [0.1, 0.15) is 5.82 Å². The van der Waals surface area contributed by atoms with E-state index in [0.717, 1.165) is 10.2 Å². The number of aromatic nitrogens is 2. The van der Waals surface area contributed by atoms with Crippen LogP contribution in [-0.2, 0) is 5.88 Å². The average molecular weight is 500 g/mol. The van der Waals surface area contributed by atoms with Gasteiger partial charge in [-0.15, -0.1) is 11.6 Å². The molecule has 3 aromatic rings. The van der Waals surface area contributed by atoms with Gasteiger partial charge in [0, 0.05) is 15.6 Å². The van der Waals surface area contributed by atoms with E-state index >= 15 is 0 Å². The fourth-order valence-corrected chi connectivity index (χ4v) is 3.36. The van der Waals surface area contributed by atoms with E-state index < -0.39 is 0 Å². The molecule has 0 spiro atoms. The summed E-state index contributed by atoms with van der Waals surface area (Å²) in [6.45, 7) is 0. The zero-order valence-electron chi connectivity index (χ0n) is 10.4. The molecule has 0 N–H and O–H groups in total. The van der Waals surface area contributed by atoms with Crippen molar-refractivity contribution < 1.29 is 4.39 Å². The van der Waals surface area contributed by atoms with E-state index in [1.165, 1.54) is 6.07 Å². The molecule has 1 aromatic heterocycles. The van der Waals surface area contributed by atoms with Gasteiger partial charge in [0.1, 0.15) is 11.6 Å². The molecular weight excluding hydrogens is 493 g/mol. The van der Waals surface area contributed by atoms with Crippen LogP contribution in [0, 0.1) is 9.39 Å². The molecule has 0 unspecified atom stereocenters. The Balaban J connectivity index is 2.40. The van der Waals surface area contributed by atoms with Gasteiger partial charge in [-0.05, 0) is 62.8 Å². The average Bonchev–Trinajstić information content (AvgIpc) is 2.79. The second-order valence-electron chi connectivity index (χ2n) is 4.35. The van der Waals surface area contributed by atoms with E-state index in [1.54, 1.807) is 18.2 Å². The maximum atomic E-state index is 13.9. The molecule has 7 heteroatoms. The molecule has 0 aliphatic heterocycles. The van der Waals surface area contributed by atoms with Gasteiger partial charge in [-0.1, -0.05) is 11.6 Å². The fraction of sp³-hybridized carbons (Fsp3) is 0.0714. The molecule has 0 amide bonds. The molecule has 0 saturated carbocycles.